The number of rotatable bonds is 2. The van der Waals surface area contributed by atoms with Gasteiger partial charge in [0.05, 0.1) is 0 Å². The lowest BCUT2D eigenvalue weighted by Crippen LogP contribution is -2.50. The predicted molar refractivity (Wildman–Crippen MR) is 90.8 cm³/mol. The number of halogens is 1. The van der Waals surface area contributed by atoms with Gasteiger partial charge in [0.15, 0.2) is 11.5 Å². The molecule has 4 rings (SSSR count). The van der Waals surface area contributed by atoms with Crippen LogP contribution < -0.4 is 9.47 Å². The number of hydrogen-bond donors (Lipinski definition) is 0. The first-order valence-corrected chi connectivity index (χ1v) is 8.35. The van der Waals surface area contributed by atoms with E-state index < -0.39 is 0 Å². The number of fused-ring (bicyclic) bond motifs is 1. The summed E-state index contributed by atoms with van der Waals surface area (Å²) in [4.78, 5) is 28.5. The summed E-state index contributed by atoms with van der Waals surface area (Å²) >= 11 is 0. The van der Waals surface area contributed by atoms with Gasteiger partial charge in [-0.05, 0) is 42.5 Å². The van der Waals surface area contributed by atoms with Crippen molar-refractivity contribution in [3.63, 3.8) is 0 Å². The largest absolute Gasteiger partial charge is 0.454 e. The topological polar surface area (TPSA) is 59.1 Å². The summed E-state index contributed by atoms with van der Waals surface area (Å²) in [5.74, 6) is 0.579. The molecule has 0 unspecified atom stereocenters. The highest BCUT2D eigenvalue weighted by molar-refractivity contribution is 5.96. The van der Waals surface area contributed by atoms with Crippen molar-refractivity contribution in [2.24, 2.45) is 0 Å². The molecule has 7 heteroatoms. The van der Waals surface area contributed by atoms with E-state index in [9.17, 15) is 14.0 Å². The number of hydrogen-bond acceptors (Lipinski definition) is 4. The molecule has 0 radical (unpaired) electrons. The Morgan fingerprint density at radius 1 is 0.769 bits per heavy atom. The third kappa shape index (κ3) is 3.08. The van der Waals surface area contributed by atoms with E-state index in [0.29, 0.717) is 48.8 Å². The van der Waals surface area contributed by atoms with E-state index >= 15 is 0 Å². The minimum Gasteiger partial charge on any atom is -0.454 e. The maximum absolute atomic E-state index is 13.0. The average molecular weight is 356 g/mol. The lowest BCUT2D eigenvalue weighted by molar-refractivity contribution is 0.0535. The summed E-state index contributed by atoms with van der Waals surface area (Å²) < 4.78 is 23.6. The van der Waals surface area contributed by atoms with Gasteiger partial charge in [-0.1, -0.05) is 0 Å². The van der Waals surface area contributed by atoms with Gasteiger partial charge in [-0.3, -0.25) is 9.59 Å². The first-order chi connectivity index (χ1) is 12.6. The highest BCUT2D eigenvalue weighted by Crippen LogP contribution is 2.32. The fourth-order valence-electron chi connectivity index (χ4n) is 3.10. The van der Waals surface area contributed by atoms with Crippen LogP contribution >= 0.6 is 0 Å². The first-order valence-electron chi connectivity index (χ1n) is 8.35. The molecule has 2 amide bonds. The van der Waals surface area contributed by atoms with Crippen molar-refractivity contribution in [3.8, 4) is 11.5 Å². The summed E-state index contributed by atoms with van der Waals surface area (Å²) in [5.41, 5.74) is 0.981. The number of ether oxygens (including phenoxy) is 2. The Labute approximate surface area is 149 Å². The van der Waals surface area contributed by atoms with Crippen LogP contribution in [0.4, 0.5) is 4.39 Å². The molecular formula is C19H17FN2O4. The van der Waals surface area contributed by atoms with Crippen LogP contribution in [0.5, 0.6) is 11.5 Å². The molecule has 1 fully saturated rings. The minimum atomic E-state index is -0.374. The highest BCUT2D eigenvalue weighted by Gasteiger charge is 2.26. The van der Waals surface area contributed by atoms with Gasteiger partial charge >= 0.3 is 0 Å². The molecule has 2 aromatic rings. The second kappa shape index (κ2) is 6.67. The average Bonchev–Trinajstić information content (AvgIpc) is 3.15. The van der Waals surface area contributed by atoms with Gasteiger partial charge in [-0.25, -0.2) is 4.39 Å². The van der Waals surface area contributed by atoms with Crippen molar-refractivity contribution >= 4 is 11.8 Å². The normalized spacial score (nSPS) is 15.9. The molecule has 0 saturated carbocycles. The molecule has 0 spiro atoms. The molecule has 0 aromatic heterocycles. The highest BCUT2D eigenvalue weighted by atomic mass is 19.1. The quantitative estimate of drug-likeness (QED) is 0.827. The van der Waals surface area contributed by atoms with E-state index in [-0.39, 0.29) is 24.4 Å². The van der Waals surface area contributed by atoms with Crippen LogP contribution in [0.2, 0.25) is 0 Å². The number of nitrogens with zero attached hydrogens (tertiary/aromatic N) is 2. The Bertz CT molecular complexity index is 845. The summed E-state index contributed by atoms with van der Waals surface area (Å²) in [7, 11) is 0. The Morgan fingerprint density at radius 2 is 1.31 bits per heavy atom. The lowest BCUT2D eigenvalue weighted by Gasteiger charge is -2.34. The zero-order chi connectivity index (χ0) is 18.1. The standard InChI is InChI=1S/C19H17FN2O4/c20-15-4-1-13(2-5-15)18(23)21-7-9-22(10-8-21)19(24)14-3-6-16-17(11-14)26-12-25-16/h1-6,11H,7-10,12H2. The smallest absolute Gasteiger partial charge is 0.254 e. The maximum Gasteiger partial charge on any atom is 0.254 e. The van der Waals surface area contributed by atoms with Crippen molar-refractivity contribution < 1.29 is 23.5 Å². The Balaban J connectivity index is 1.39. The van der Waals surface area contributed by atoms with Crippen LogP contribution in [0.3, 0.4) is 0 Å². The molecule has 6 nitrogen and oxygen atoms in total. The first kappa shape index (κ1) is 16.4. The van der Waals surface area contributed by atoms with Crippen LogP contribution in [-0.2, 0) is 0 Å². The molecule has 26 heavy (non-hydrogen) atoms. The minimum absolute atomic E-state index is 0.0998. The van der Waals surface area contributed by atoms with Crippen LogP contribution in [-0.4, -0.2) is 54.6 Å². The fourth-order valence-corrected chi connectivity index (χ4v) is 3.10. The molecule has 2 aliphatic rings. The summed E-state index contributed by atoms with van der Waals surface area (Å²) in [6, 6.07) is 10.6. The van der Waals surface area contributed by atoms with Gasteiger partial charge in [0.25, 0.3) is 11.8 Å². The van der Waals surface area contributed by atoms with Crippen LogP contribution in [0.1, 0.15) is 20.7 Å². The Hall–Kier alpha value is -3.09. The molecule has 2 aliphatic heterocycles. The van der Waals surface area contributed by atoms with Crippen molar-refractivity contribution in [3.05, 3.63) is 59.4 Å². The van der Waals surface area contributed by atoms with Crippen LogP contribution in [0, 0.1) is 5.82 Å². The number of piperazine rings is 1. The molecule has 2 heterocycles. The van der Waals surface area contributed by atoms with Crippen LogP contribution in [0.25, 0.3) is 0 Å². The van der Waals surface area contributed by atoms with Gasteiger partial charge in [0.1, 0.15) is 5.82 Å². The van der Waals surface area contributed by atoms with Crippen molar-refractivity contribution in [2.45, 2.75) is 0 Å². The van der Waals surface area contributed by atoms with Gasteiger partial charge in [0, 0.05) is 37.3 Å². The van der Waals surface area contributed by atoms with Gasteiger partial charge < -0.3 is 19.3 Å². The second-order valence-electron chi connectivity index (χ2n) is 6.16. The van der Waals surface area contributed by atoms with Gasteiger partial charge in [0.2, 0.25) is 6.79 Å². The maximum atomic E-state index is 13.0. The number of amides is 2. The molecule has 134 valence electrons. The molecule has 2 aromatic carbocycles. The molecule has 0 atom stereocenters. The summed E-state index contributed by atoms with van der Waals surface area (Å²) in [6.07, 6.45) is 0. The monoisotopic (exact) mass is 356 g/mol. The van der Waals surface area contributed by atoms with E-state index in [4.69, 9.17) is 9.47 Å². The predicted octanol–water partition coefficient (Wildman–Crippen LogP) is 2.15. The molecular weight excluding hydrogens is 339 g/mol. The summed E-state index contributed by atoms with van der Waals surface area (Å²) in [5, 5.41) is 0. The Morgan fingerprint density at radius 3 is 1.96 bits per heavy atom. The second-order valence-corrected chi connectivity index (χ2v) is 6.16. The van der Waals surface area contributed by atoms with Gasteiger partial charge in [-0.2, -0.15) is 0 Å². The number of carbonyl (C=O) groups is 2. The Kier molecular flexibility index (Phi) is 4.20. The van der Waals surface area contributed by atoms with Crippen molar-refractivity contribution in [2.75, 3.05) is 33.0 Å². The zero-order valence-corrected chi connectivity index (χ0v) is 14.0. The van der Waals surface area contributed by atoms with E-state index in [2.05, 4.69) is 0 Å². The molecule has 1 saturated heterocycles. The number of carbonyl (C=O) groups excluding carboxylic acids is 2. The van der Waals surface area contributed by atoms with E-state index in [1.54, 1.807) is 28.0 Å². The molecule has 0 aliphatic carbocycles. The SMILES string of the molecule is O=C(c1ccc(F)cc1)N1CCN(C(=O)c2ccc3c(c2)OCO3)CC1. The van der Waals surface area contributed by atoms with Crippen molar-refractivity contribution in [1.29, 1.82) is 0 Å². The third-order valence-corrected chi connectivity index (χ3v) is 4.56. The van der Waals surface area contributed by atoms with Crippen LogP contribution in [0.15, 0.2) is 42.5 Å². The summed E-state index contributed by atoms with van der Waals surface area (Å²) in [6.45, 7) is 1.93. The molecule has 0 N–H and O–H groups in total. The van der Waals surface area contributed by atoms with Crippen molar-refractivity contribution in [1.82, 2.24) is 9.80 Å². The number of benzene rings is 2. The van der Waals surface area contributed by atoms with E-state index in [1.165, 1.54) is 24.3 Å². The fraction of sp³-hybridized carbons (Fsp3) is 0.263. The lowest BCUT2D eigenvalue weighted by atomic mass is 10.1. The zero-order valence-electron chi connectivity index (χ0n) is 14.0. The third-order valence-electron chi connectivity index (χ3n) is 4.56. The van der Waals surface area contributed by atoms with E-state index in [0.717, 1.165) is 0 Å². The van der Waals surface area contributed by atoms with E-state index in [1.807, 2.05) is 0 Å². The molecule has 0 bridgehead atoms. The van der Waals surface area contributed by atoms with Gasteiger partial charge in [-0.15, -0.1) is 0 Å².